The molecule has 9 heteroatoms. The number of sulfonamides is 1. The Labute approximate surface area is 144 Å². The topological polar surface area (TPSA) is 95.0 Å². The Bertz CT molecular complexity index is 768. The Balaban J connectivity index is 1.64. The number of carboxylic acids is 1. The SMILES string of the molecule is O=C(O)c1csc(S(=O)(=O)N2CCN(C(=O)C3CC=CC3)CC2)c1. The summed E-state index contributed by atoms with van der Waals surface area (Å²) in [6.07, 6.45) is 5.51. The van der Waals surface area contributed by atoms with Crippen molar-refractivity contribution >= 4 is 33.2 Å². The summed E-state index contributed by atoms with van der Waals surface area (Å²) in [7, 11) is -3.70. The number of aromatic carboxylic acids is 1. The van der Waals surface area contributed by atoms with Crippen molar-refractivity contribution in [2.75, 3.05) is 26.2 Å². The number of thiophene rings is 1. The smallest absolute Gasteiger partial charge is 0.336 e. The molecular weight excluding hydrogens is 352 g/mol. The van der Waals surface area contributed by atoms with Crippen molar-refractivity contribution in [2.24, 2.45) is 5.92 Å². The van der Waals surface area contributed by atoms with E-state index in [-0.39, 0.29) is 34.7 Å². The second-order valence-electron chi connectivity index (χ2n) is 5.83. The molecule has 1 amide bonds. The highest BCUT2D eigenvalue weighted by Gasteiger charge is 2.33. The highest BCUT2D eigenvalue weighted by molar-refractivity contribution is 7.91. The molecule has 2 aliphatic rings. The van der Waals surface area contributed by atoms with Crippen molar-refractivity contribution in [3.05, 3.63) is 29.2 Å². The Morgan fingerprint density at radius 3 is 2.29 bits per heavy atom. The van der Waals surface area contributed by atoms with Gasteiger partial charge in [-0.3, -0.25) is 4.79 Å². The van der Waals surface area contributed by atoms with E-state index < -0.39 is 16.0 Å². The highest BCUT2D eigenvalue weighted by Crippen LogP contribution is 2.26. The number of carbonyl (C=O) groups is 2. The van der Waals surface area contributed by atoms with Crippen LogP contribution in [0.25, 0.3) is 0 Å². The Morgan fingerprint density at radius 1 is 1.12 bits per heavy atom. The summed E-state index contributed by atoms with van der Waals surface area (Å²) in [5.74, 6) is -1.07. The molecule has 7 nitrogen and oxygen atoms in total. The second-order valence-corrected chi connectivity index (χ2v) is 8.90. The molecule has 0 atom stereocenters. The van der Waals surface area contributed by atoms with E-state index in [1.807, 2.05) is 12.2 Å². The molecular formula is C15H18N2O5S2. The zero-order chi connectivity index (χ0) is 17.3. The van der Waals surface area contributed by atoms with Gasteiger partial charge in [-0.25, -0.2) is 13.2 Å². The van der Waals surface area contributed by atoms with E-state index in [0.717, 1.165) is 24.2 Å². The molecule has 0 unspecified atom stereocenters. The van der Waals surface area contributed by atoms with Gasteiger partial charge in [0.25, 0.3) is 10.0 Å². The van der Waals surface area contributed by atoms with Gasteiger partial charge in [-0.1, -0.05) is 12.2 Å². The largest absolute Gasteiger partial charge is 0.478 e. The molecule has 1 aliphatic heterocycles. The summed E-state index contributed by atoms with van der Waals surface area (Å²) >= 11 is 0.907. The van der Waals surface area contributed by atoms with Crippen LogP contribution in [0, 0.1) is 5.92 Å². The van der Waals surface area contributed by atoms with Gasteiger partial charge in [-0.15, -0.1) is 11.3 Å². The molecule has 0 aromatic carbocycles. The summed E-state index contributed by atoms with van der Waals surface area (Å²) in [6.45, 7) is 1.19. The molecule has 0 spiro atoms. The predicted octanol–water partition coefficient (Wildman–Crippen LogP) is 1.25. The van der Waals surface area contributed by atoms with Crippen LogP contribution in [-0.4, -0.2) is 60.8 Å². The third-order valence-electron chi connectivity index (χ3n) is 4.32. The number of hydrogen-bond donors (Lipinski definition) is 1. The van der Waals surface area contributed by atoms with Crippen molar-refractivity contribution in [1.82, 2.24) is 9.21 Å². The summed E-state index contributed by atoms with van der Waals surface area (Å²) in [5, 5.41) is 10.2. The van der Waals surface area contributed by atoms with Gasteiger partial charge in [0, 0.05) is 37.5 Å². The fourth-order valence-electron chi connectivity index (χ4n) is 2.92. The molecule has 130 valence electrons. The lowest BCUT2D eigenvalue weighted by atomic mass is 10.1. The third kappa shape index (κ3) is 3.24. The van der Waals surface area contributed by atoms with E-state index in [2.05, 4.69) is 0 Å². The molecule has 2 heterocycles. The van der Waals surface area contributed by atoms with Crippen LogP contribution < -0.4 is 0 Å². The lowest BCUT2D eigenvalue weighted by Gasteiger charge is -2.35. The van der Waals surface area contributed by atoms with Crippen molar-refractivity contribution in [3.63, 3.8) is 0 Å². The lowest BCUT2D eigenvalue weighted by molar-refractivity contribution is -0.136. The van der Waals surface area contributed by atoms with Gasteiger partial charge in [0.2, 0.25) is 5.91 Å². The first-order valence-electron chi connectivity index (χ1n) is 7.65. The van der Waals surface area contributed by atoms with Gasteiger partial charge >= 0.3 is 5.97 Å². The number of allylic oxidation sites excluding steroid dienone is 2. The molecule has 1 aliphatic carbocycles. The third-order valence-corrected chi connectivity index (χ3v) is 7.64. The van der Waals surface area contributed by atoms with Gasteiger partial charge in [0.15, 0.2) is 0 Å². The van der Waals surface area contributed by atoms with Crippen LogP contribution in [0.5, 0.6) is 0 Å². The number of carbonyl (C=O) groups excluding carboxylic acids is 1. The molecule has 0 bridgehead atoms. The Kier molecular flexibility index (Phi) is 4.75. The van der Waals surface area contributed by atoms with E-state index in [1.54, 1.807) is 4.90 Å². The second kappa shape index (κ2) is 6.66. The van der Waals surface area contributed by atoms with Crippen LogP contribution in [0.1, 0.15) is 23.2 Å². The molecule has 0 saturated carbocycles. The van der Waals surface area contributed by atoms with E-state index in [0.29, 0.717) is 13.1 Å². The maximum atomic E-state index is 12.6. The van der Waals surface area contributed by atoms with Crippen LogP contribution in [-0.2, 0) is 14.8 Å². The van der Waals surface area contributed by atoms with E-state index in [4.69, 9.17) is 5.11 Å². The predicted molar refractivity (Wildman–Crippen MR) is 88.5 cm³/mol. The van der Waals surface area contributed by atoms with Crippen molar-refractivity contribution in [1.29, 1.82) is 0 Å². The van der Waals surface area contributed by atoms with Crippen LogP contribution in [0.15, 0.2) is 27.8 Å². The van der Waals surface area contributed by atoms with Crippen molar-refractivity contribution in [3.8, 4) is 0 Å². The summed E-state index contributed by atoms with van der Waals surface area (Å²) in [4.78, 5) is 25.0. The van der Waals surface area contributed by atoms with Gasteiger partial charge in [0.1, 0.15) is 4.21 Å². The fourth-order valence-corrected chi connectivity index (χ4v) is 5.65. The van der Waals surface area contributed by atoms with E-state index >= 15 is 0 Å². The highest BCUT2D eigenvalue weighted by atomic mass is 32.2. The number of amides is 1. The fraction of sp³-hybridized carbons (Fsp3) is 0.467. The average Bonchev–Trinajstić information content (AvgIpc) is 3.26. The van der Waals surface area contributed by atoms with Gasteiger partial charge in [-0.05, 0) is 18.9 Å². The number of rotatable bonds is 4. The van der Waals surface area contributed by atoms with E-state index in [1.165, 1.54) is 15.8 Å². The Hall–Kier alpha value is -1.71. The van der Waals surface area contributed by atoms with Crippen LogP contribution in [0.3, 0.4) is 0 Å². The molecule has 1 N–H and O–H groups in total. The first-order chi connectivity index (χ1) is 11.4. The molecule has 1 aromatic heterocycles. The zero-order valence-electron chi connectivity index (χ0n) is 12.9. The minimum absolute atomic E-state index is 0.0106. The average molecular weight is 370 g/mol. The monoisotopic (exact) mass is 370 g/mol. The quantitative estimate of drug-likeness (QED) is 0.805. The summed E-state index contributed by atoms with van der Waals surface area (Å²) < 4.78 is 26.5. The maximum Gasteiger partial charge on any atom is 0.336 e. The van der Waals surface area contributed by atoms with Crippen LogP contribution >= 0.6 is 11.3 Å². The van der Waals surface area contributed by atoms with Crippen LogP contribution in [0.4, 0.5) is 0 Å². The molecule has 1 fully saturated rings. The van der Waals surface area contributed by atoms with Crippen molar-refractivity contribution in [2.45, 2.75) is 17.1 Å². The van der Waals surface area contributed by atoms with Gasteiger partial charge in [-0.2, -0.15) is 4.31 Å². The Morgan fingerprint density at radius 2 is 1.75 bits per heavy atom. The molecule has 3 rings (SSSR count). The van der Waals surface area contributed by atoms with Gasteiger partial charge < -0.3 is 10.0 Å². The standard InChI is InChI=1S/C15H18N2O5S2/c18-14(11-3-1-2-4-11)16-5-7-17(8-6-16)24(21,22)13-9-12(10-23-13)15(19)20/h1-2,9-11H,3-8H2,(H,19,20). The first kappa shape index (κ1) is 17.1. The minimum atomic E-state index is -3.70. The number of nitrogens with zero attached hydrogens (tertiary/aromatic N) is 2. The summed E-state index contributed by atoms with van der Waals surface area (Å²) in [5.41, 5.74) is -0.0267. The lowest BCUT2D eigenvalue weighted by Crippen LogP contribution is -2.51. The molecule has 1 aromatic rings. The normalized spacial score (nSPS) is 19.8. The van der Waals surface area contributed by atoms with Crippen LogP contribution in [0.2, 0.25) is 0 Å². The number of carboxylic acid groups (broad SMARTS) is 1. The molecule has 1 saturated heterocycles. The summed E-state index contributed by atoms with van der Waals surface area (Å²) in [6, 6.07) is 1.18. The maximum absolute atomic E-state index is 12.6. The van der Waals surface area contributed by atoms with E-state index in [9.17, 15) is 18.0 Å². The van der Waals surface area contributed by atoms with Gasteiger partial charge in [0.05, 0.1) is 5.56 Å². The zero-order valence-corrected chi connectivity index (χ0v) is 14.6. The molecule has 0 radical (unpaired) electrons. The molecule has 24 heavy (non-hydrogen) atoms. The first-order valence-corrected chi connectivity index (χ1v) is 9.97. The number of piperazine rings is 1. The minimum Gasteiger partial charge on any atom is -0.478 e. The number of hydrogen-bond acceptors (Lipinski definition) is 5. The van der Waals surface area contributed by atoms with Crippen molar-refractivity contribution < 1.29 is 23.1 Å².